The zero-order valence-electron chi connectivity index (χ0n) is 18.3. The first-order chi connectivity index (χ1) is 15.6. The number of aryl methyl sites for hydroxylation is 2. The zero-order valence-corrected chi connectivity index (χ0v) is 18.3. The van der Waals surface area contributed by atoms with E-state index >= 15 is 0 Å². The van der Waals surface area contributed by atoms with Gasteiger partial charge in [-0.25, -0.2) is 4.79 Å². The molecule has 0 aliphatic carbocycles. The van der Waals surface area contributed by atoms with Gasteiger partial charge in [0.25, 0.3) is 5.91 Å². The number of nitrogens with one attached hydrogen (secondary N) is 1. The van der Waals surface area contributed by atoms with E-state index in [1.165, 1.54) is 6.07 Å². The van der Waals surface area contributed by atoms with Crippen LogP contribution in [-0.2, 0) is 25.2 Å². The Kier molecular flexibility index (Phi) is 7.80. The number of hydrogen-bond acceptors (Lipinski definition) is 6. The predicted octanol–water partition coefficient (Wildman–Crippen LogP) is 3.72. The van der Waals surface area contributed by atoms with Crippen LogP contribution in [0.4, 0.5) is 24.5 Å². The monoisotopic (exact) mass is 466 g/mol. The summed E-state index contributed by atoms with van der Waals surface area (Å²) in [5.74, 6) is -1.05. The van der Waals surface area contributed by atoms with E-state index in [4.69, 9.17) is 14.2 Å². The summed E-state index contributed by atoms with van der Waals surface area (Å²) < 4.78 is 55.1. The van der Waals surface area contributed by atoms with Gasteiger partial charge in [0, 0.05) is 13.1 Å². The summed E-state index contributed by atoms with van der Waals surface area (Å²) in [7, 11) is 0. The smallest absolute Gasteiger partial charge is 0.416 e. The van der Waals surface area contributed by atoms with Crippen molar-refractivity contribution in [1.82, 2.24) is 0 Å². The molecule has 1 aliphatic heterocycles. The van der Waals surface area contributed by atoms with Crippen LogP contribution in [0, 0.1) is 13.8 Å². The predicted molar refractivity (Wildman–Crippen MR) is 115 cm³/mol. The van der Waals surface area contributed by atoms with E-state index in [0.717, 1.165) is 23.3 Å². The summed E-state index contributed by atoms with van der Waals surface area (Å²) in [4.78, 5) is 26.1. The highest BCUT2D eigenvalue weighted by Gasteiger charge is 2.32. The van der Waals surface area contributed by atoms with Crippen LogP contribution >= 0.6 is 0 Å². The fourth-order valence-corrected chi connectivity index (χ4v) is 3.21. The second kappa shape index (κ2) is 10.6. The van der Waals surface area contributed by atoms with Gasteiger partial charge in [0.1, 0.15) is 5.75 Å². The number of morpholine rings is 1. The van der Waals surface area contributed by atoms with Crippen molar-refractivity contribution in [2.45, 2.75) is 20.0 Å². The van der Waals surface area contributed by atoms with Crippen LogP contribution in [0.3, 0.4) is 0 Å². The Hall–Kier alpha value is -3.27. The summed E-state index contributed by atoms with van der Waals surface area (Å²) in [6.45, 7) is 4.58. The van der Waals surface area contributed by atoms with Gasteiger partial charge in [-0.15, -0.1) is 0 Å². The lowest BCUT2D eigenvalue weighted by molar-refractivity contribution is -0.149. The third kappa shape index (κ3) is 6.85. The van der Waals surface area contributed by atoms with Crippen molar-refractivity contribution in [2.75, 3.05) is 49.7 Å². The average molecular weight is 466 g/mol. The summed E-state index contributed by atoms with van der Waals surface area (Å²) in [6.07, 6.45) is -4.57. The second-order valence-electron chi connectivity index (χ2n) is 7.57. The molecule has 1 heterocycles. The first kappa shape index (κ1) is 24.4. The van der Waals surface area contributed by atoms with Gasteiger partial charge >= 0.3 is 12.1 Å². The fourth-order valence-electron chi connectivity index (χ4n) is 3.21. The molecule has 7 nitrogen and oxygen atoms in total. The Bertz CT molecular complexity index is 1000. The molecule has 0 unspecified atom stereocenters. The zero-order chi connectivity index (χ0) is 24.0. The number of nitrogens with zero attached hydrogens (tertiary/aromatic N) is 1. The molecule has 0 saturated carbocycles. The van der Waals surface area contributed by atoms with Gasteiger partial charge in [-0.3, -0.25) is 4.79 Å². The lowest BCUT2D eigenvalue weighted by atomic mass is 10.1. The number of carbonyl (C=O) groups excluding carboxylic acids is 2. The molecule has 0 spiro atoms. The first-order valence-corrected chi connectivity index (χ1v) is 10.3. The average Bonchev–Trinajstić information content (AvgIpc) is 2.78. The van der Waals surface area contributed by atoms with Crippen molar-refractivity contribution in [3.05, 3.63) is 53.1 Å². The SMILES string of the molecule is Cc1ccc(OCC(=O)OCC(=O)Nc2cc(C(F)(F)F)ccc2N2CCOCC2)cc1C. The van der Waals surface area contributed by atoms with Crippen LogP contribution in [-0.4, -0.2) is 51.4 Å². The van der Waals surface area contributed by atoms with Crippen LogP contribution in [0.1, 0.15) is 16.7 Å². The van der Waals surface area contributed by atoms with Crippen molar-refractivity contribution in [3.63, 3.8) is 0 Å². The largest absolute Gasteiger partial charge is 0.482 e. The van der Waals surface area contributed by atoms with Gasteiger partial charge in [0.15, 0.2) is 13.2 Å². The molecule has 0 radical (unpaired) electrons. The third-order valence-electron chi connectivity index (χ3n) is 5.15. The molecule has 0 aromatic heterocycles. The normalized spacial score (nSPS) is 14.0. The standard InChI is InChI=1S/C23H25F3N2O5/c1-15-3-5-18(11-16(15)2)32-14-22(30)33-13-21(29)27-19-12-17(23(24,25)26)4-6-20(19)28-7-9-31-10-8-28/h3-6,11-12H,7-10,13-14H2,1-2H3,(H,27,29). The van der Waals surface area contributed by atoms with Crippen molar-refractivity contribution >= 4 is 23.3 Å². The second-order valence-corrected chi connectivity index (χ2v) is 7.57. The molecule has 1 amide bonds. The van der Waals surface area contributed by atoms with Gasteiger partial charge < -0.3 is 24.4 Å². The van der Waals surface area contributed by atoms with Crippen LogP contribution in [0.15, 0.2) is 36.4 Å². The van der Waals surface area contributed by atoms with E-state index in [0.29, 0.717) is 37.7 Å². The van der Waals surface area contributed by atoms with E-state index in [2.05, 4.69) is 5.32 Å². The number of carbonyl (C=O) groups is 2. The number of halogens is 3. The molecule has 2 aromatic rings. The van der Waals surface area contributed by atoms with E-state index in [9.17, 15) is 22.8 Å². The summed E-state index contributed by atoms with van der Waals surface area (Å²) in [6, 6.07) is 8.48. The van der Waals surface area contributed by atoms with Gasteiger partial charge in [-0.1, -0.05) is 6.07 Å². The number of ether oxygens (including phenoxy) is 3. The van der Waals surface area contributed by atoms with Crippen molar-refractivity contribution in [2.24, 2.45) is 0 Å². The minimum absolute atomic E-state index is 0.0147. The molecular weight excluding hydrogens is 441 g/mol. The van der Waals surface area contributed by atoms with E-state index in [1.807, 2.05) is 24.8 Å². The molecule has 3 rings (SSSR count). The highest BCUT2D eigenvalue weighted by atomic mass is 19.4. The van der Waals surface area contributed by atoms with Gasteiger partial charge in [0.05, 0.1) is 30.2 Å². The third-order valence-corrected chi connectivity index (χ3v) is 5.15. The molecular formula is C23H25F3N2O5. The van der Waals surface area contributed by atoms with E-state index < -0.39 is 36.8 Å². The first-order valence-electron chi connectivity index (χ1n) is 10.3. The summed E-state index contributed by atoms with van der Waals surface area (Å²) >= 11 is 0. The molecule has 2 aromatic carbocycles. The molecule has 33 heavy (non-hydrogen) atoms. The quantitative estimate of drug-likeness (QED) is 0.627. The Morgan fingerprint density at radius 2 is 1.76 bits per heavy atom. The van der Waals surface area contributed by atoms with Gasteiger partial charge in [0.2, 0.25) is 0 Å². The minimum atomic E-state index is -4.57. The fraction of sp³-hybridized carbons (Fsp3) is 0.391. The molecule has 1 fully saturated rings. The number of amides is 1. The van der Waals surface area contributed by atoms with Crippen LogP contribution in [0.25, 0.3) is 0 Å². The Morgan fingerprint density at radius 1 is 1.03 bits per heavy atom. The van der Waals surface area contributed by atoms with Crippen molar-refractivity contribution < 1.29 is 37.0 Å². The highest BCUT2D eigenvalue weighted by molar-refractivity contribution is 5.96. The summed E-state index contributed by atoms with van der Waals surface area (Å²) in [5, 5.41) is 2.42. The molecule has 10 heteroatoms. The minimum Gasteiger partial charge on any atom is -0.482 e. The van der Waals surface area contributed by atoms with Gasteiger partial charge in [-0.05, 0) is 55.3 Å². The molecule has 0 bridgehead atoms. The maximum Gasteiger partial charge on any atom is 0.416 e. The Labute approximate surface area is 189 Å². The number of rotatable bonds is 7. The number of hydrogen-bond donors (Lipinski definition) is 1. The van der Waals surface area contributed by atoms with E-state index in [1.54, 1.807) is 12.1 Å². The summed E-state index contributed by atoms with van der Waals surface area (Å²) in [5.41, 5.74) is 1.60. The maximum absolute atomic E-state index is 13.2. The lowest BCUT2D eigenvalue weighted by Gasteiger charge is -2.31. The van der Waals surface area contributed by atoms with Crippen LogP contribution in [0.2, 0.25) is 0 Å². The molecule has 178 valence electrons. The Balaban J connectivity index is 1.59. The lowest BCUT2D eigenvalue weighted by Crippen LogP contribution is -2.37. The molecule has 1 saturated heterocycles. The molecule has 0 atom stereocenters. The maximum atomic E-state index is 13.2. The van der Waals surface area contributed by atoms with Crippen molar-refractivity contribution in [3.8, 4) is 5.75 Å². The topological polar surface area (TPSA) is 77.1 Å². The van der Waals surface area contributed by atoms with Gasteiger partial charge in [-0.2, -0.15) is 13.2 Å². The van der Waals surface area contributed by atoms with Crippen LogP contribution < -0.4 is 15.0 Å². The molecule has 1 aliphatic rings. The number of alkyl halides is 3. The number of benzene rings is 2. The van der Waals surface area contributed by atoms with Crippen molar-refractivity contribution in [1.29, 1.82) is 0 Å². The number of esters is 1. The number of anilines is 2. The molecule has 1 N–H and O–H groups in total. The highest BCUT2D eigenvalue weighted by Crippen LogP contribution is 2.35. The Morgan fingerprint density at radius 3 is 2.42 bits per heavy atom. The van der Waals surface area contributed by atoms with E-state index in [-0.39, 0.29) is 5.69 Å². The van der Waals surface area contributed by atoms with Crippen LogP contribution in [0.5, 0.6) is 5.75 Å².